The van der Waals surface area contributed by atoms with Gasteiger partial charge >= 0.3 is 6.09 Å². The summed E-state index contributed by atoms with van der Waals surface area (Å²) in [5.74, 6) is 0.942. The van der Waals surface area contributed by atoms with Gasteiger partial charge in [-0.2, -0.15) is 5.10 Å². The molecule has 3 aromatic rings. The summed E-state index contributed by atoms with van der Waals surface area (Å²) in [5, 5.41) is 4.48. The maximum atomic E-state index is 13.1. The lowest BCUT2D eigenvalue weighted by Crippen LogP contribution is -2.34. The molecule has 0 saturated heterocycles. The lowest BCUT2D eigenvalue weighted by Gasteiger charge is -2.20. The second-order valence-corrected chi connectivity index (χ2v) is 11.7. The van der Waals surface area contributed by atoms with Crippen LogP contribution in [0.15, 0.2) is 60.7 Å². The summed E-state index contributed by atoms with van der Waals surface area (Å²) in [5.41, 5.74) is 2.00. The van der Waals surface area contributed by atoms with Crippen molar-refractivity contribution in [3.8, 4) is 0 Å². The van der Waals surface area contributed by atoms with E-state index in [4.69, 9.17) is 4.74 Å². The average molecular weight is 571 g/mol. The van der Waals surface area contributed by atoms with E-state index >= 15 is 0 Å². The third-order valence-corrected chi connectivity index (χ3v) is 8.19. The Morgan fingerprint density at radius 1 is 1.02 bits per heavy atom. The molecule has 10 nitrogen and oxygen atoms in total. The summed E-state index contributed by atoms with van der Waals surface area (Å²) in [6, 6.07) is 18.8. The maximum Gasteiger partial charge on any atom is 0.410 e. The van der Waals surface area contributed by atoms with Gasteiger partial charge in [0.2, 0.25) is 10.0 Å². The van der Waals surface area contributed by atoms with Crippen LogP contribution < -0.4 is 4.72 Å². The van der Waals surface area contributed by atoms with Crippen molar-refractivity contribution >= 4 is 16.1 Å². The number of carbonyl (C=O) groups excluding carboxylic acids is 1. The predicted octanol–water partition coefficient (Wildman–Crippen LogP) is 3.91. The number of carbonyl (C=O) groups is 1. The third-order valence-electron chi connectivity index (χ3n) is 6.72. The molecular formula is C29H42N6O4S. The van der Waals surface area contributed by atoms with Crippen molar-refractivity contribution in [2.75, 3.05) is 32.4 Å². The first kappa shape index (κ1) is 31.3. The van der Waals surface area contributed by atoms with Crippen LogP contribution in [0, 0.1) is 0 Å². The Kier molecular flexibility index (Phi) is 12.1. The molecule has 1 aromatic heterocycles. The van der Waals surface area contributed by atoms with Crippen LogP contribution in [0.5, 0.6) is 0 Å². The smallest absolute Gasteiger partial charge is 0.410 e. The van der Waals surface area contributed by atoms with Gasteiger partial charge in [-0.15, -0.1) is 0 Å². The lowest BCUT2D eigenvalue weighted by atomic mass is 10.1. The summed E-state index contributed by atoms with van der Waals surface area (Å²) >= 11 is 0. The molecule has 1 atom stereocenters. The highest BCUT2D eigenvalue weighted by Crippen LogP contribution is 2.20. The van der Waals surface area contributed by atoms with Crippen LogP contribution in [0.25, 0.3) is 0 Å². The minimum Gasteiger partial charge on any atom is -0.445 e. The number of aryl methyl sites for hydroxylation is 2. The first-order valence-electron chi connectivity index (χ1n) is 13.8. The summed E-state index contributed by atoms with van der Waals surface area (Å²) in [7, 11) is -0.206. The Hall–Kier alpha value is -3.28. The van der Waals surface area contributed by atoms with E-state index in [1.807, 2.05) is 60.7 Å². The third kappa shape index (κ3) is 10.0. The number of hydrogen-bond donors (Lipinski definition) is 1. The van der Waals surface area contributed by atoms with E-state index in [0.717, 1.165) is 30.8 Å². The van der Waals surface area contributed by atoms with Gasteiger partial charge in [-0.1, -0.05) is 74.5 Å². The summed E-state index contributed by atoms with van der Waals surface area (Å²) in [6.07, 6.45) is 1.23. The van der Waals surface area contributed by atoms with Crippen molar-refractivity contribution in [3.05, 3.63) is 83.4 Å². The fourth-order valence-corrected chi connectivity index (χ4v) is 5.70. The molecule has 0 spiro atoms. The van der Waals surface area contributed by atoms with Crippen LogP contribution in [0.1, 0.15) is 55.5 Å². The molecule has 218 valence electrons. The zero-order chi connectivity index (χ0) is 29.0. The minimum absolute atomic E-state index is 0.0338. The standard InChI is InChI=1S/C29H42N6O4S/c1-5-35(6-2)20-13-21-40(37,38)32-26(19-18-24-14-9-7-10-15-24)28-30-27(31-34(28)4)22-33(3)29(36)39-23-25-16-11-8-12-17-25/h7-12,14-17,26,32H,5-6,13,18-23H2,1-4H3/t26-/m1/s1. The number of nitrogens with zero attached hydrogens (tertiary/aromatic N) is 5. The zero-order valence-electron chi connectivity index (χ0n) is 24.0. The molecule has 0 bridgehead atoms. The van der Waals surface area contributed by atoms with Crippen molar-refractivity contribution < 1.29 is 17.9 Å². The highest BCUT2D eigenvalue weighted by atomic mass is 32.2. The van der Waals surface area contributed by atoms with Crippen molar-refractivity contribution in [1.82, 2.24) is 29.3 Å². The van der Waals surface area contributed by atoms with E-state index in [-0.39, 0.29) is 18.9 Å². The highest BCUT2D eigenvalue weighted by Gasteiger charge is 2.25. The Labute approximate surface area is 238 Å². The first-order chi connectivity index (χ1) is 19.2. The fraction of sp³-hybridized carbons (Fsp3) is 0.483. The number of amides is 1. The van der Waals surface area contributed by atoms with Gasteiger partial charge in [0.15, 0.2) is 5.82 Å². The SMILES string of the molecule is CCN(CC)CCCS(=O)(=O)N[C@H](CCc1ccccc1)c1nc(CN(C)C(=O)OCc2ccccc2)nn1C. The molecule has 0 aliphatic rings. The molecule has 0 unspecified atom stereocenters. The second-order valence-electron chi connectivity index (χ2n) is 9.80. The lowest BCUT2D eigenvalue weighted by molar-refractivity contribution is 0.102. The van der Waals surface area contributed by atoms with Gasteiger partial charge in [0, 0.05) is 14.1 Å². The van der Waals surface area contributed by atoms with Crippen molar-refractivity contribution in [1.29, 1.82) is 0 Å². The predicted molar refractivity (Wildman–Crippen MR) is 156 cm³/mol. The number of sulfonamides is 1. The maximum absolute atomic E-state index is 13.1. The minimum atomic E-state index is -3.57. The van der Waals surface area contributed by atoms with E-state index < -0.39 is 22.2 Å². The van der Waals surface area contributed by atoms with Gasteiger partial charge in [0.25, 0.3) is 0 Å². The zero-order valence-corrected chi connectivity index (χ0v) is 24.8. The normalized spacial score (nSPS) is 12.4. The van der Waals surface area contributed by atoms with Gasteiger partial charge in [0.1, 0.15) is 12.4 Å². The Morgan fingerprint density at radius 2 is 1.65 bits per heavy atom. The number of nitrogens with one attached hydrogen (secondary N) is 1. The van der Waals surface area contributed by atoms with Gasteiger partial charge in [-0.3, -0.25) is 4.68 Å². The second kappa shape index (κ2) is 15.5. The highest BCUT2D eigenvalue weighted by molar-refractivity contribution is 7.89. The van der Waals surface area contributed by atoms with Gasteiger partial charge in [-0.25, -0.2) is 22.9 Å². The van der Waals surface area contributed by atoms with Crippen LogP contribution in [0.3, 0.4) is 0 Å². The number of rotatable bonds is 16. The van der Waals surface area contributed by atoms with Gasteiger partial charge < -0.3 is 14.5 Å². The Morgan fingerprint density at radius 3 is 2.27 bits per heavy atom. The van der Waals surface area contributed by atoms with Crippen LogP contribution in [0.4, 0.5) is 4.79 Å². The molecule has 0 aliphatic heterocycles. The van der Waals surface area contributed by atoms with Gasteiger partial charge in [-0.05, 0) is 50.0 Å². The molecule has 1 N–H and O–H groups in total. The molecular weight excluding hydrogens is 528 g/mol. The van der Waals surface area contributed by atoms with Crippen molar-refractivity contribution in [2.45, 2.75) is 52.3 Å². The van der Waals surface area contributed by atoms with E-state index in [1.54, 1.807) is 18.8 Å². The van der Waals surface area contributed by atoms with Crippen molar-refractivity contribution in [3.63, 3.8) is 0 Å². The van der Waals surface area contributed by atoms with E-state index in [0.29, 0.717) is 30.9 Å². The largest absolute Gasteiger partial charge is 0.445 e. The van der Waals surface area contributed by atoms with Crippen LogP contribution in [-0.2, 0) is 41.4 Å². The quantitative estimate of drug-likeness (QED) is 0.278. The molecule has 1 amide bonds. The summed E-state index contributed by atoms with van der Waals surface area (Å²) < 4.78 is 36.1. The molecule has 0 fully saturated rings. The molecule has 40 heavy (non-hydrogen) atoms. The Bertz CT molecular complexity index is 1280. The van der Waals surface area contributed by atoms with E-state index in [2.05, 4.69) is 33.6 Å². The fourth-order valence-electron chi connectivity index (χ4n) is 4.42. The Balaban J connectivity index is 1.69. The van der Waals surface area contributed by atoms with E-state index in [1.165, 1.54) is 4.90 Å². The monoisotopic (exact) mass is 570 g/mol. The van der Waals surface area contributed by atoms with Crippen LogP contribution in [-0.4, -0.2) is 71.5 Å². The summed E-state index contributed by atoms with van der Waals surface area (Å²) in [6.45, 7) is 6.94. The van der Waals surface area contributed by atoms with Gasteiger partial charge in [0.05, 0.1) is 18.3 Å². The molecule has 3 rings (SSSR count). The van der Waals surface area contributed by atoms with Crippen LogP contribution in [0.2, 0.25) is 0 Å². The molecule has 0 radical (unpaired) electrons. The molecule has 0 saturated carbocycles. The molecule has 0 aliphatic carbocycles. The number of benzene rings is 2. The molecule has 1 heterocycles. The van der Waals surface area contributed by atoms with Crippen LogP contribution >= 0.6 is 0 Å². The van der Waals surface area contributed by atoms with E-state index in [9.17, 15) is 13.2 Å². The number of hydrogen-bond acceptors (Lipinski definition) is 7. The average Bonchev–Trinajstić information content (AvgIpc) is 3.32. The number of ether oxygens (including phenoxy) is 1. The summed E-state index contributed by atoms with van der Waals surface area (Å²) in [4.78, 5) is 20.8. The van der Waals surface area contributed by atoms with Crippen molar-refractivity contribution in [2.24, 2.45) is 7.05 Å². The molecule has 11 heteroatoms. The number of aromatic nitrogens is 3. The molecule has 2 aromatic carbocycles. The first-order valence-corrected chi connectivity index (χ1v) is 15.4. The topological polar surface area (TPSA) is 110 Å².